The predicted molar refractivity (Wildman–Crippen MR) is 105 cm³/mol. The highest BCUT2D eigenvalue weighted by Crippen LogP contribution is 2.51. The molecule has 136 valence electrons. The van der Waals surface area contributed by atoms with Crippen LogP contribution in [0.3, 0.4) is 0 Å². The molecule has 1 fully saturated rings. The Morgan fingerprint density at radius 1 is 1.08 bits per heavy atom. The lowest BCUT2D eigenvalue weighted by molar-refractivity contribution is 0.567. The van der Waals surface area contributed by atoms with Gasteiger partial charge in [0.2, 0.25) is 10.0 Å². The normalized spacial score (nSPS) is 16.1. The number of fused-ring (bicyclic) bond motifs is 1. The van der Waals surface area contributed by atoms with E-state index in [1.165, 1.54) is 10.9 Å². The van der Waals surface area contributed by atoms with Gasteiger partial charge in [0.05, 0.1) is 4.90 Å². The zero-order chi connectivity index (χ0) is 18.4. The summed E-state index contributed by atoms with van der Waals surface area (Å²) in [7, 11) is -3.50. The predicted octanol–water partition coefficient (Wildman–Crippen LogP) is 4.05. The highest BCUT2D eigenvalue weighted by Gasteiger charge is 2.47. The highest BCUT2D eigenvalue weighted by atomic mass is 32.2. The molecule has 0 bridgehead atoms. The minimum atomic E-state index is -3.50. The SMILES string of the molecule is CCc1ccc(S(=O)(=O)NCC2(c3c(C)[nH]c4ccccc34)CC2)cc1. The van der Waals surface area contributed by atoms with Gasteiger partial charge in [-0.3, -0.25) is 0 Å². The summed E-state index contributed by atoms with van der Waals surface area (Å²) in [4.78, 5) is 3.77. The minimum absolute atomic E-state index is 0.0971. The Bertz CT molecular complexity index is 1050. The molecule has 0 unspecified atom stereocenters. The molecule has 4 nitrogen and oxygen atoms in total. The van der Waals surface area contributed by atoms with Crippen molar-refractivity contribution in [3.05, 3.63) is 65.4 Å². The van der Waals surface area contributed by atoms with Gasteiger partial charge in [0.15, 0.2) is 0 Å². The monoisotopic (exact) mass is 368 g/mol. The third-order valence-electron chi connectivity index (χ3n) is 5.52. The number of aryl methyl sites for hydroxylation is 2. The van der Waals surface area contributed by atoms with Crippen LogP contribution in [0.5, 0.6) is 0 Å². The molecule has 3 aromatic rings. The number of aromatic nitrogens is 1. The Morgan fingerprint density at radius 2 is 1.77 bits per heavy atom. The van der Waals surface area contributed by atoms with Crippen molar-refractivity contribution in [2.75, 3.05) is 6.54 Å². The molecular weight excluding hydrogens is 344 g/mol. The first-order chi connectivity index (χ1) is 12.5. The fraction of sp³-hybridized carbons (Fsp3) is 0.333. The van der Waals surface area contributed by atoms with E-state index in [0.717, 1.165) is 36.0 Å². The molecule has 0 saturated heterocycles. The van der Waals surface area contributed by atoms with Crippen molar-refractivity contribution in [3.8, 4) is 0 Å². The summed E-state index contributed by atoms with van der Waals surface area (Å²) < 4.78 is 28.3. The smallest absolute Gasteiger partial charge is 0.240 e. The van der Waals surface area contributed by atoms with Gasteiger partial charge in [-0.15, -0.1) is 0 Å². The van der Waals surface area contributed by atoms with Gasteiger partial charge in [-0.2, -0.15) is 0 Å². The van der Waals surface area contributed by atoms with Crippen molar-refractivity contribution >= 4 is 20.9 Å². The summed E-state index contributed by atoms with van der Waals surface area (Å²) in [6.07, 6.45) is 2.91. The lowest BCUT2D eigenvalue weighted by Gasteiger charge is -2.17. The molecular formula is C21H24N2O2S. The summed E-state index contributed by atoms with van der Waals surface area (Å²) in [5.41, 5.74) is 4.55. The van der Waals surface area contributed by atoms with Crippen molar-refractivity contribution in [3.63, 3.8) is 0 Å². The van der Waals surface area contributed by atoms with Crippen LogP contribution >= 0.6 is 0 Å². The molecule has 0 radical (unpaired) electrons. The molecule has 2 N–H and O–H groups in total. The molecule has 1 aromatic heterocycles. The summed E-state index contributed by atoms with van der Waals surface area (Å²) in [5.74, 6) is 0. The molecule has 0 atom stereocenters. The van der Waals surface area contributed by atoms with Gasteiger partial charge in [0.1, 0.15) is 0 Å². The van der Waals surface area contributed by atoms with Gasteiger partial charge < -0.3 is 4.98 Å². The van der Waals surface area contributed by atoms with Gasteiger partial charge in [0, 0.05) is 28.6 Å². The molecule has 1 saturated carbocycles. The average Bonchev–Trinajstić information content (AvgIpc) is 3.35. The number of benzene rings is 2. The quantitative estimate of drug-likeness (QED) is 0.689. The molecule has 1 aliphatic rings. The first-order valence-electron chi connectivity index (χ1n) is 9.12. The van der Waals surface area contributed by atoms with E-state index in [2.05, 4.69) is 35.7 Å². The fourth-order valence-electron chi connectivity index (χ4n) is 3.85. The zero-order valence-electron chi connectivity index (χ0n) is 15.2. The van der Waals surface area contributed by atoms with E-state index in [9.17, 15) is 8.42 Å². The van der Waals surface area contributed by atoms with Crippen molar-refractivity contribution in [2.24, 2.45) is 0 Å². The molecule has 26 heavy (non-hydrogen) atoms. The number of nitrogens with one attached hydrogen (secondary N) is 2. The molecule has 1 aliphatic carbocycles. The Labute approximate surface area is 154 Å². The van der Waals surface area contributed by atoms with Crippen molar-refractivity contribution in [2.45, 2.75) is 43.4 Å². The maximum Gasteiger partial charge on any atom is 0.240 e. The van der Waals surface area contributed by atoms with E-state index >= 15 is 0 Å². The number of rotatable bonds is 6. The standard InChI is InChI=1S/C21H24N2O2S/c1-3-16-8-10-17(11-9-16)26(24,25)22-14-21(12-13-21)20-15(2)23-19-7-5-4-6-18(19)20/h4-11,22-23H,3,12-14H2,1-2H3. The second-order valence-electron chi connectivity index (χ2n) is 7.27. The van der Waals surface area contributed by atoms with Gasteiger partial charge in [-0.25, -0.2) is 13.1 Å². The second-order valence-corrected chi connectivity index (χ2v) is 9.04. The number of para-hydroxylation sites is 1. The van der Waals surface area contributed by atoms with Crippen molar-refractivity contribution in [1.82, 2.24) is 9.71 Å². The first kappa shape index (κ1) is 17.3. The van der Waals surface area contributed by atoms with Crippen LogP contribution in [-0.2, 0) is 21.9 Å². The third kappa shape index (κ3) is 2.95. The molecule has 0 aliphatic heterocycles. The van der Waals surface area contributed by atoms with Crippen molar-refractivity contribution < 1.29 is 8.42 Å². The first-order valence-corrected chi connectivity index (χ1v) is 10.6. The van der Waals surface area contributed by atoms with E-state index in [0.29, 0.717) is 11.4 Å². The second kappa shape index (κ2) is 6.25. The Balaban J connectivity index is 1.59. The Kier molecular flexibility index (Phi) is 4.16. The number of hydrogen-bond donors (Lipinski definition) is 2. The maximum absolute atomic E-state index is 12.7. The average molecular weight is 369 g/mol. The van der Waals surface area contributed by atoms with Crippen LogP contribution in [0.1, 0.15) is 36.6 Å². The van der Waals surface area contributed by atoms with E-state index in [1.807, 2.05) is 24.3 Å². The summed E-state index contributed by atoms with van der Waals surface area (Å²) >= 11 is 0. The maximum atomic E-state index is 12.7. The fourth-order valence-corrected chi connectivity index (χ4v) is 4.97. The van der Waals surface area contributed by atoms with Gasteiger partial charge in [-0.1, -0.05) is 37.3 Å². The van der Waals surface area contributed by atoms with E-state index in [1.54, 1.807) is 12.1 Å². The Hall–Kier alpha value is -2.11. The van der Waals surface area contributed by atoms with Gasteiger partial charge in [-0.05, 0) is 55.5 Å². The van der Waals surface area contributed by atoms with Crippen LogP contribution in [0, 0.1) is 6.92 Å². The van der Waals surface area contributed by atoms with Crippen LogP contribution in [0.25, 0.3) is 10.9 Å². The molecule has 4 rings (SSSR count). The van der Waals surface area contributed by atoms with Crippen LogP contribution < -0.4 is 4.72 Å². The molecule has 5 heteroatoms. The minimum Gasteiger partial charge on any atom is -0.358 e. The lowest BCUT2D eigenvalue weighted by Crippen LogP contribution is -2.32. The van der Waals surface area contributed by atoms with Crippen LogP contribution in [0.4, 0.5) is 0 Å². The number of sulfonamides is 1. The van der Waals surface area contributed by atoms with E-state index < -0.39 is 10.0 Å². The zero-order valence-corrected chi connectivity index (χ0v) is 16.0. The van der Waals surface area contributed by atoms with Gasteiger partial charge >= 0.3 is 0 Å². The number of aromatic amines is 1. The lowest BCUT2D eigenvalue weighted by atomic mass is 9.93. The van der Waals surface area contributed by atoms with E-state index in [4.69, 9.17) is 0 Å². The molecule has 0 amide bonds. The number of H-pyrrole nitrogens is 1. The van der Waals surface area contributed by atoms with Crippen LogP contribution in [-0.4, -0.2) is 19.9 Å². The van der Waals surface area contributed by atoms with Crippen LogP contribution in [0.15, 0.2) is 53.4 Å². The van der Waals surface area contributed by atoms with Gasteiger partial charge in [0.25, 0.3) is 0 Å². The molecule has 0 spiro atoms. The molecule has 1 heterocycles. The molecule has 2 aromatic carbocycles. The third-order valence-corrected chi connectivity index (χ3v) is 6.94. The Morgan fingerprint density at radius 3 is 2.42 bits per heavy atom. The summed E-state index contributed by atoms with van der Waals surface area (Å²) in [6.45, 7) is 4.57. The number of hydrogen-bond acceptors (Lipinski definition) is 2. The summed E-state index contributed by atoms with van der Waals surface area (Å²) in [5, 5.41) is 1.20. The van der Waals surface area contributed by atoms with Crippen LogP contribution in [0.2, 0.25) is 0 Å². The van der Waals surface area contributed by atoms with E-state index in [-0.39, 0.29) is 5.41 Å². The summed E-state index contributed by atoms with van der Waals surface area (Å²) in [6, 6.07) is 15.4. The topological polar surface area (TPSA) is 62.0 Å². The largest absolute Gasteiger partial charge is 0.358 e. The highest BCUT2D eigenvalue weighted by molar-refractivity contribution is 7.89. The van der Waals surface area contributed by atoms with Crippen molar-refractivity contribution in [1.29, 1.82) is 0 Å².